The summed E-state index contributed by atoms with van der Waals surface area (Å²) in [6.07, 6.45) is 4.24. The van der Waals surface area contributed by atoms with E-state index in [0.29, 0.717) is 12.0 Å². The number of Topliss-reactive ketones (excluding diaryl/α,β-unsaturated/α-hetero) is 1. The molecule has 0 saturated heterocycles. The zero-order valence-electron chi connectivity index (χ0n) is 12.7. The highest BCUT2D eigenvalue weighted by atomic mass is 16.3. The maximum absolute atomic E-state index is 12.9. The molecule has 114 valence electrons. The van der Waals surface area contributed by atoms with Crippen molar-refractivity contribution in [1.82, 2.24) is 0 Å². The number of carbonyl (C=O) groups excluding carboxylic acids is 1. The Bertz CT molecular complexity index is 621. The monoisotopic (exact) mass is 294 g/mol. The molecular formula is C20H22O2. The van der Waals surface area contributed by atoms with Gasteiger partial charge in [-0.3, -0.25) is 4.79 Å². The number of carbonyl (C=O) groups is 1. The van der Waals surface area contributed by atoms with Crippen LogP contribution in [0, 0.1) is 5.92 Å². The normalized spacial score (nSPS) is 24.9. The lowest BCUT2D eigenvalue weighted by Crippen LogP contribution is -2.48. The summed E-state index contributed by atoms with van der Waals surface area (Å²) < 4.78 is 0. The number of rotatable bonds is 4. The number of hydrogen-bond acceptors (Lipinski definition) is 2. The van der Waals surface area contributed by atoms with Crippen molar-refractivity contribution >= 4 is 5.78 Å². The fourth-order valence-corrected chi connectivity index (χ4v) is 3.54. The quantitative estimate of drug-likeness (QED) is 0.864. The van der Waals surface area contributed by atoms with Gasteiger partial charge in [0.05, 0.1) is 0 Å². The van der Waals surface area contributed by atoms with Crippen molar-refractivity contribution in [2.24, 2.45) is 5.92 Å². The van der Waals surface area contributed by atoms with E-state index in [9.17, 15) is 9.90 Å². The van der Waals surface area contributed by atoms with Crippen LogP contribution in [0.1, 0.15) is 41.6 Å². The average molecular weight is 294 g/mol. The first kappa shape index (κ1) is 15.0. The Morgan fingerprint density at radius 1 is 1.00 bits per heavy atom. The second-order valence-electron chi connectivity index (χ2n) is 6.25. The maximum Gasteiger partial charge on any atom is 0.194 e. The molecular weight excluding hydrogens is 272 g/mol. The molecule has 1 aliphatic rings. The van der Waals surface area contributed by atoms with Gasteiger partial charge in [0.2, 0.25) is 0 Å². The summed E-state index contributed by atoms with van der Waals surface area (Å²) in [6.45, 7) is 0. The molecule has 0 amide bonds. The van der Waals surface area contributed by atoms with E-state index < -0.39 is 5.60 Å². The standard InChI is InChI=1S/C20H22O2/c21-19(17-11-5-2-6-12-17)20(22)14-8-7-13-18(20)15-16-9-3-1-4-10-16/h1-6,9-12,18,22H,7-8,13-15H2. The van der Waals surface area contributed by atoms with Crippen LogP contribution in [0.15, 0.2) is 60.7 Å². The minimum absolute atomic E-state index is 0.00337. The third-order valence-corrected chi connectivity index (χ3v) is 4.79. The molecule has 2 aromatic carbocycles. The van der Waals surface area contributed by atoms with Crippen LogP contribution in [0.25, 0.3) is 0 Å². The Balaban J connectivity index is 1.86. The van der Waals surface area contributed by atoms with Crippen LogP contribution in [0.5, 0.6) is 0 Å². The van der Waals surface area contributed by atoms with Gasteiger partial charge in [-0.05, 0) is 30.7 Å². The Morgan fingerprint density at radius 2 is 1.64 bits per heavy atom. The lowest BCUT2D eigenvalue weighted by atomic mass is 9.69. The molecule has 2 atom stereocenters. The van der Waals surface area contributed by atoms with Gasteiger partial charge in [-0.15, -0.1) is 0 Å². The van der Waals surface area contributed by atoms with Gasteiger partial charge in [-0.2, -0.15) is 0 Å². The fraction of sp³-hybridized carbons (Fsp3) is 0.350. The van der Waals surface area contributed by atoms with Crippen molar-refractivity contribution in [3.05, 3.63) is 71.8 Å². The summed E-state index contributed by atoms with van der Waals surface area (Å²) in [5.74, 6) is -0.120. The highest BCUT2D eigenvalue weighted by molar-refractivity contribution is 6.02. The first-order valence-electron chi connectivity index (χ1n) is 8.06. The second kappa shape index (κ2) is 6.45. The van der Waals surface area contributed by atoms with Crippen LogP contribution in [0.4, 0.5) is 0 Å². The van der Waals surface area contributed by atoms with Crippen LogP contribution < -0.4 is 0 Å². The molecule has 0 aromatic heterocycles. The minimum atomic E-state index is -1.23. The molecule has 2 nitrogen and oxygen atoms in total. The van der Waals surface area contributed by atoms with Crippen molar-refractivity contribution in [3.8, 4) is 0 Å². The fourth-order valence-electron chi connectivity index (χ4n) is 3.54. The third-order valence-electron chi connectivity index (χ3n) is 4.79. The van der Waals surface area contributed by atoms with Crippen LogP contribution in [-0.2, 0) is 6.42 Å². The van der Waals surface area contributed by atoms with E-state index in [4.69, 9.17) is 0 Å². The largest absolute Gasteiger partial charge is 0.381 e. The van der Waals surface area contributed by atoms with Crippen LogP contribution in [0.3, 0.4) is 0 Å². The maximum atomic E-state index is 12.9. The number of benzene rings is 2. The van der Waals surface area contributed by atoms with Crippen LogP contribution in [0.2, 0.25) is 0 Å². The minimum Gasteiger partial charge on any atom is -0.381 e. The van der Waals surface area contributed by atoms with E-state index in [1.165, 1.54) is 5.56 Å². The molecule has 0 aliphatic heterocycles. The molecule has 0 radical (unpaired) electrons. The summed E-state index contributed by atoms with van der Waals surface area (Å²) in [7, 11) is 0. The number of ketones is 1. The van der Waals surface area contributed by atoms with Gasteiger partial charge in [0.1, 0.15) is 5.60 Å². The summed E-state index contributed by atoms with van der Waals surface area (Å²) >= 11 is 0. The van der Waals surface area contributed by atoms with E-state index in [2.05, 4.69) is 12.1 Å². The Morgan fingerprint density at radius 3 is 2.32 bits per heavy atom. The number of aliphatic hydroxyl groups is 1. The van der Waals surface area contributed by atoms with Crippen LogP contribution >= 0.6 is 0 Å². The summed E-state index contributed by atoms with van der Waals surface area (Å²) in [4.78, 5) is 12.9. The van der Waals surface area contributed by atoms with E-state index in [-0.39, 0.29) is 11.7 Å². The molecule has 22 heavy (non-hydrogen) atoms. The molecule has 3 rings (SSSR count). The van der Waals surface area contributed by atoms with Gasteiger partial charge in [-0.25, -0.2) is 0 Å². The molecule has 2 heteroatoms. The van der Waals surface area contributed by atoms with Gasteiger partial charge < -0.3 is 5.11 Å². The molecule has 1 N–H and O–H groups in total. The van der Waals surface area contributed by atoms with Crippen molar-refractivity contribution in [1.29, 1.82) is 0 Å². The molecule has 1 fully saturated rings. The van der Waals surface area contributed by atoms with Crippen molar-refractivity contribution in [2.75, 3.05) is 0 Å². The predicted octanol–water partition coefficient (Wildman–Crippen LogP) is 4.03. The smallest absolute Gasteiger partial charge is 0.194 e. The second-order valence-corrected chi connectivity index (χ2v) is 6.25. The Labute approximate surface area is 131 Å². The van der Waals surface area contributed by atoms with Crippen LogP contribution in [-0.4, -0.2) is 16.5 Å². The average Bonchev–Trinajstić information content (AvgIpc) is 2.58. The van der Waals surface area contributed by atoms with Crippen molar-refractivity contribution in [3.63, 3.8) is 0 Å². The molecule has 1 saturated carbocycles. The van der Waals surface area contributed by atoms with E-state index in [1.807, 2.05) is 36.4 Å². The zero-order chi connectivity index (χ0) is 15.4. The lowest BCUT2D eigenvalue weighted by Gasteiger charge is -2.39. The Kier molecular flexibility index (Phi) is 4.39. The summed E-state index contributed by atoms with van der Waals surface area (Å²) in [5, 5.41) is 11.2. The first-order valence-corrected chi connectivity index (χ1v) is 8.06. The lowest BCUT2D eigenvalue weighted by molar-refractivity contribution is -0.0255. The van der Waals surface area contributed by atoms with Gasteiger partial charge in [0.25, 0.3) is 0 Å². The van der Waals surface area contributed by atoms with Gasteiger partial charge in [0, 0.05) is 5.56 Å². The van der Waals surface area contributed by atoms with E-state index in [1.54, 1.807) is 12.1 Å². The first-order chi connectivity index (χ1) is 10.7. The summed E-state index contributed by atoms with van der Waals surface area (Å²) in [5.41, 5.74) is 0.578. The van der Waals surface area contributed by atoms with Gasteiger partial charge in [-0.1, -0.05) is 73.5 Å². The van der Waals surface area contributed by atoms with Crippen molar-refractivity contribution < 1.29 is 9.90 Å². The van der Waals surface area contributed by atoms with E-state index >= 15 is 0 Å². The van der Waals surface area contributed by atoms with E-state index in [0.717, 1.165) is 25.7 Å². The number of hydrogen-bond donors (Lipinski definition) is 1. The molecule has 0 spiro atoms. The molecule has 0 bridgehead atoms. The Hall–Kier alpha value is -1.93. The zero-order valence-corrected chi connectivity index (χ0v) is 12.7. The highest BCUT2D eigenvalue weighted by Crippen LogP contribution is 2.38. The molecule has 2 aromatic rings. The predicted molar refractivity (Wildman–Crippen MR) is 87.8 cm³/mol. The van der Waals surface area contributed by atoms with Crippen molar-refractivity contribution in [2.45, 2.75) is 37.7 Å². The van der Waals surface area contributed by atoms with Gasteiger partial charge >= 0.3 is 0 Å². The topological polar surface area (TPSA) is 37.3 Å². The molecule has 0 heterocycles. The summed E-state index contributed by atoms with van der Waals surface area (Å²) in [6, 6.07) is 19.4. The molecule has 1 aliphatic carbocycles. The SMILES string of the molecule is O=C(c1ccccc1)C1(O)CCCCC1Cc1ccccc1. The molecule has 2 unspecified atom stereocenters. The van der Waals surface area contributed by atoms with Gasteiger partial charge in [0.15, 0.2) is 5.78 Å². The third kappa shape index (κ3) is 2.97. The highest BCUT2D eigenvalue weighted by Gasteiger charge is 2.45.